The third kappa shape index (κ3) is 2.65. The molecule has 0 spiro atoms. The zero-order valence-corrected chi connectivity index (χ0v) is 14.6. The highest BCUT2D eigenvalue weighted by Gasteiger charge is 2.25. The number of aromatic nitrogens is 2. The number of nitrogens with zero attached hydrogens (tertiary/aromatic N) is 5. The fraction of sp³-hybridized carbons (Fsp3) is 0.200. The monoisotopic (exact) mass is 330 g/mol. The van der Waals surface area contributed by atoms with Gasteiger partial charge in [0.1, 0.15) is 0 Å². The summed E-state index contributed by atoms with van der Waals surface area (Å²) in [5.74, 6) is 0. The minimum atomic E-state index is -0.110. The highest BCUT2D eigenvalue weighted by Crippen LogP contribution is 2.35. The van der Waals surface area contributed by atoms with Crippen molar-refractivity contribution >= 4 is 11.4 Å². The topological polar surface area (TPSA) is 48.7 Å². The van der Waals surface area contributed by atoms with Gasteiger partial charge in [0.15, 0.2) is 11.7 Å². The standard InChI is InChI=1S/C20H20N5/c1-14-13-19(25(24(14)3)16-9-5-4-6-10-16)22-23-20-15(2)21-18-12-8-7-11-17(18)20/h4-13,20H,1-3H3/q+1. The van der Waals surface area contributed by atoms with E-state index in [0.717, 1.165) is 33.8 Å². The molecular formula is C20H20N5+. The first kappa shape index (κ1) is 15.4. The van der Waals surface area contributed by atoms with Gasteiger partial charge in [-0.1, -0.05) is 41.2 Å². The summed E-state index contributed by atoms with van der Waals surface area (Å²) in [6.45, 7) is 4.07. The Bertz CT molecular complexity index is 1060. The molecule has 3 aromatic rings. The highest BCUT2D eigenvalue weighted by atomic mass is 15.4. The van der Waals surface area contributed by atoms with Crippen LogP contribution in [-0.2, 0) is 7.05 Å². The van der Waals surface area contributed by atoms with Crippen LogP contribution in [0.4, 0.5) is 5.69 Å². The number of para-hydroxylation sites is 2. The predicted molar refractivity (Wildman–Crippen MR) is 97.3 cm³/mol. The Hall–Kier alpha value is -3.17. The van der Waals surface area contributed by atoms with Crippen molar-refractivity contribution in [3.8, 4) is 5.69 Å². The van der Waals surface area contributed by atoms with Gasteiger partial charge in [-0.05, 0) is 37.2 Å². The maximum atomic E-state index is 4.62. The minimum absolute atomic E-state index is 0.110. The summed E-state index contributed by atoms with van der Waals surface area (Å²) in [5.41, 5.74) is 6.07. The molecule has 0 radical (unpaired) electrons. The number of fused-ring (bicyclic) bond motifs is 1. The number of aryl methyl sites for hydroxylation is 1. The summed E-state index contributed by atoms with van der Waals surface area (Å²) >= 11 is 0. The predicted octanol–water partition coefficient (Wildman–Crippen LogP) is 3.53. The van der Waals surface area contributed by atoms with Gasteiger partial charge in [0.05, 0.1) is 17.4 Å². The largest absolute Gasteiger partial charge is 0.431 e. The van der Waals surface area contributed by atoms with Gasteiger partial charge in [-0.3, -0.25) is 4.99 Å². The Morgan fingerprint density at radius 1 is 1.00 bits per heavy atom. The second-order valence-electron chi connectivity index (χ2n) is 6.24. The van der Waals surface area contributed by atoms with Gasteiger partial charge in [0.25, 0.3) is 0 Å². The van der Waals surface area contributed by atoms with Gasteiger partial charge in [0, 0.05) is 18.3 Å². The van der Waals surface area contributed by atoms with Gasteiger partial charge in [-0.2, -0.15) is 0 Å². The van der Waals surface area contributed by atoms with Gasteiger partial charge in [-0.25, -0.2) is 4.68 Å². The molecule has 0 saturated heterocycles. The quantitative estimate of drug-likeness (QED) is 0.510. The maximum Gasteiger partial charge on any atom is 0.431 e. The Kier molecular flexibility index (Phi) is 3.71. The van der Waals surface area contributed by atoms with Crippen molar-refractivity contribution < 1.29 is 4.79 Å². The Morgan fingerprint density at radius 3 is 2.52 bits per heavy atom. The summed E-state index contributed by atoms with van der Waals surface area (Å²) in [6.07, 6.45) is 0. The van der Waals surface area contributed by atoms with Crippen molar-refractivity contribution in [2.75, 3.05) is 0 Å². The fourth-order valence-corrected chi connectivity index (χ4v) is 3.16. The maximum absolute atomic E-state index is 4.62. The van der Waals surface area contributed by atoms with Crippen molar-refractivity contribution in [2.45, 2.75) is 19.9 Å². The zero-order chi connectivity index (χ0) is 17.4. The molecule has 0 N–H and O–H groups in total. The second-order valence-corrected chi connectivity index (χ2v) is 6.24. The van der Waals surface area contributed by atoms with E-state index < -0.39 is 0 Å². The normalized spacial score (nSPS) is 15.5. The van der Waals surface area contributed by atoms with Gasteiger partial charge in [0.2, 0.25) is 0 Å². The molecule has 1 aliphatic heterocycles. The van der Waals surface area contributed by atoms with Crippen LogP contribution < -0.4 is 5.49 Å². The van der Waals surface area contributed by atoms with Crippen molar-refractivity contribution in [3.05, 3.63) is 77.4 Å². The van der Waals surface area contributed by atoms with Gasteiger partial charge >= 0.3 is 5.49 Å². The van der Waals surface area contributed by atoms with Gasteiger partial charge in [-0.15, -0.1) is 4.68 Å². The van der Waals surface area contributed by atoms with E-state index in [9.17, 15) is 0 Å². The third-order valence-corrected chi connectivity index (χ3v) is 4.57. The molecule has 124 valence electrons. The van der Waals surface area contributed by atoms with E-state index in [2.05, 4.69) is 49.4 Å². The van der Waals surface area contributed by atoms with E-state index in [1.165, 1.54) is 0 Å². The van der Waals surface area contributed by atoms with Crippen LogP contribution in [-0.4, -0.2) is 19.9 Å². The molecule has 2 aromatic carbocycles. The lowest BCUT2D eigenvalue weighted by Gasteiger charge is -2.01. The molecule has 5 heteroatoms. The molecule has 2 heterocycles. The average molecular weight is 330 g/mol. The van der Waals surface area contributed by atoms with E-state index in [1.54, 1.807) is 0 Å². The molecule has 25 heavy (non-hydrogen) atoms. The Labute approximate surface area is 146 Å². The molecule has 0 saturated carbocycles. The molecule has 1 aliphatic rings. The molecule has 0 fully saturated rings. The molecule has 1 aromatic heterocycles. The number of hydrogen-bond donors (Lipinski definition) is 0. The van der Waals surface area contributed by atoms with E-state index in [1.807, 2.05) is 56.4 Å². The van der Waals surface area contributed by atoms with Crippen molar-refractivity contribution in [1.82, 2.24) is 9.36 Å². The molecule has 1 atom stereocenters. The van der Waals surface area contributed by atoms with Crippen LogP contribution in [0.5, 0.6) is 0 Å². The zero-order valence-electron chi connectivity index (χ0n) is 14.6. The number of rotatable bonds is 2. The van der Waals surface area contributed by atoms with Crippen LogP contribution in [0.15, 0.2) is 70.8 Å². The lowest BCUT2D eigenvalue weighted by atomic mass is 10.1. The molecule has 1 unspecified atom stereocenters. The van der Waals surface area contributed by atoms with Crippen LogP contribution in [0.1, 0.15) is 24.2 Å². The molecule has 5 nitrogen and oxygen atoms in total. The number of aliphatic imine (C=N–C) groups is 1. The summed E-state index contributed by atoms with van der Waals surface area (Å²) in [4.78, 5) is 9.18. The summed E-state index contributed by atoms with van der Waals surface area (Å²) < 4.78 is 4.14. The fourth-order valence-electron chi connectivity index (χ4n) is 3.16. The van der Waals surface area contributed by atoms with Crippen LogP contribution >= 0.6 is 0 Å². The van der Waals surface area contributed by atoms with Crippen molar-refractivity contribution in [1.29, 1.82) is 0 Å². The first-order valence-electron chi connectivity index (χ1n) is 8.34. The summed E-state index contributed by atoms with van der Waals surface area (Å²) in [6, 6.07) is 20.2. The molecule has 0 bridgehead atoms. The Morgan fingerprint density at radius 2 is 1.72 bits per heavy atom. The van der Waals surface area contributed by atoms with E-state index in [4.69, 9.17) is 0 Å². The van der Waals surface area contributed by atoms with E-state index in [0.29, 0.717) is 0 Å². The SMILES string of the molecule is CC1=Nc2ccccc2C1N=[N+]=c1cc(C)n(C)n1-c1ccccc1. The second kappa shape index (κ2) is 6.04. The van der Waals surface area contributed by atoms with Crippen LogP contribution in [0.2, 0.25) is 0 Å². The smallest absolute Gasteiger partial charge is 0.255 e. The first-order valence-corrected chi connectivity index (χ1v) is 8.34. The number of hydrogen-bond acceptors (Lipinski definition) is 2. The number of benzene rings is 2. The van der Waals surface area contributed by atoms with Crippen LogP contribution in [0.3, 0.4) is 0 Å². The van der Waals surface area contributed by atoms with Crippen LogP contribution in [0.25, 0.3) is 5.69 Å². The van der Waals surface area contributed by atoms with E-state index in [-0.39, 0.29) is 6.04 Å². The summed E-state index contributed by atoms with van der Waals surface area (Å²) in [7, 11) is 2.03. The van der Waals surface area contributed by atoms with Crippen molar-refractivity contribution in [2.24, 2.45) is 17.2 Å². The first-order chi connectivity index (χ1) is 12.1. The minimum Gasteiger partial charge on any atom is -0.255 e. The van der Waals surface area contributed by atoms with Gasteiger partial charge < -0.3 is 0 Å². The lowest BCUT2D eigenvalue weighted by molar-refractivity contribution is -0.157. The molecular weight excluding hydrogens is 310 g/mol. The third-order valence-electron chi connectivity index (χ3n) is 4.57. The lowest BCUT2D eigenvalue weighted by Crippen LogP contribution is -2.22. The van der Waals surface area contributed by atoms with Crippen LogP contribution in [0, 0.1) is 6.92 Å². The van der Waals surface area contributed by atoms with E-state index >= 15 is 0 Å². The molecule has 0 amide bonds. The average Bonchev–Trinajstić information content (AvgIpc) is 3.10. The highest BCUT2D eigenvalue weighted by molar-refractivity contribution is 5.95. The molecule has 4 rings (SSSR count). The Balaban J connectivity index is 1.88. The van der Waals surface area contributed by atoms with Crippen molar-refractivity contribution in [3.63, 3.8) is 0 Å². The summed E-state index contributed by atoms with van der Waals surface area (Å²) in [5, 5.41) is 4.62. The molecule has 0 aliphatic carbocycles.